The van der Waals surface area contributed by atoms with Gasteiger partial charge in [-0.3, -0.25) is 4.99 Å². The van der Waals surface area contributed by atoms with Gasteiger partial charge in [-0.25, -0.2) is 21.9 Å². The Balaban J connectivity index is 0.00000288. The Labute approximate surface area is 161 Å². The van der Waals surface area contributed by atoms with Crippen molar-refractivity contribution in [1.29, 1.82) is 0 Å². The van der Waals surface area contributed by atoms with Gasteiger partial charge in [0.25, 0.3) is 0 Å². The fourth-order valence-electron chi connectivity index (χ4n) is 2.01. The van der Waals surface area contributed by atoms with E-state index in [0.29, 0.717) is 12.0 Å². The van der Waals surface area contributed by atoms with Crippen LogP contribution in [0, 0.1) is 11.6 Å². The molecule has 1 aromatic rings. The number of nitrogens with one attached hydrogen (secondary N) is 1. The van der Waals surface area contributed by atoms with E-state index in [2.05, 4.69) is 9.71 Å². The second-order valence-corrected chi connectivity index (χ2v) is 7.77. The number of hydrogen-bond donors (Lipinski definition) is 2. The molecule has 1 aliphatic rings. The molecule has 1 aliphatic heterocycles. The van der Waals surface area contributed by atoms with Crippen LogP contribution in [0.5, 0.6) is 0 Å². The minimum absolute atomic E-state index is 0. The monoisotopic (exact) mass is 492 g/mol. The van der Waals surface area contributed by atoms with Crippen molar-refractivity contribution in [3.8, 4) is 0 Å². The highest BCUT2D eigenvalue weighted by atomic mass is 127. The summed E-state index contributed by atoms with van der Waals surface area (Å²) in [4.78, 5) is 5.45. The Morgan fingerprint density at radius 3 is 2.62 bits per heavy atom. The van der Waals surface area contributed by atoms with Gasteiger partial charge in [-0.2, -0.15) is 11.8 Å². The van der Waals surface area contributed by atoms with Gasteiger partial charge in [-0.1, -0.05) is 0 Å². The van der Waals surface area contributed by atoms with E-state index in [1.807, 2.05) is 16.7 Å². The molecule has 1 saturated heterocycles. The molecule has 11 heteroatoms. The van der Waals surface area contributed by atoms with Crippen LogP contribution in [0.1, 0.15) is 0 Å². The lowest BCUT2D eigenvalue weighted by Crippen LogP contribution is -2.43. The standard InChI is InChI=1S/C13H18F2N4O2S2.HI/c14-10-1-2-12(11(15)9-10)23(20,21)18-4-3-17-13(16)19-5-7-22-8-6-19;/h1-2,9,18H,3-8H2,(H2,16,17);1H. The number of benzene rings is 1. The summed E-state index contributed by atoms with van der Waals surface area (Å²) in [6.07, 6.45) is 0. The molecule has 0 atom stereocenters. The summed E-state index contributed by atoms with van der Waals surface area (Å²) < 4.78 is 52.4. The van der Waals surface area contributed by atoms with Crippen LogP contribution in [0.15, 0.2) is 28.1 Å². The molecular formula is C13H19F2IN4O2S2. The molecule has 136 valence electrons. The van der Waals surface area contributed by atoms with E-state index in [1.165, 1.54) is 0 Å². The first-order valence-electron chi connectivity index (χ1n) is 6.97. The normalized spacial score (nSPS) is 15.9. The van der Waals surface area contributed by atoms with E-state index in [0.717, 1.165) is 36.7 Å². The van der Waals surface area contributed by atoms with Gasteiger partial charge in [0.2, 0.25) is 10.0 Å². The predicted molar refractivity (Wildman–Crippen MR) is 102 cm³/mol. The van der Waals surface area contributed by atoms with Crippen LogP contribution < -0.4 is 10.5 Å². The first kappa shape index (κ1) is 21.4. The van der Waals surface area contributed by atoms with Gasteiger partial charge in [0.1, 0.15) is 16.5 Å². The van der Waals surface area contributed by atoms with Crippen molar-refractivity contribution >= 4 is 51.7 Å². The molecule has 0 amide bonds. The van der Waals surface area contributed by atoms with Gasteiger partial charge in [-0.15, -0.1) is 24.0 Å². The summed E-state index contributed by atoms with van der Waals surface area (Å²) in [5.74, 6) is 0.363. The van der Waals surface area contributed by atoms with Crippen molar-refractivity contribution in [2.24, 2.45) is 10.7 Å². The van der Waals surface area contributed by atoms with Crippen LogP contribution in [0.25, 0.3) is 0 Å². The minimum atomic E-state index is -4.05. The van der Waals surface area contributed by atoms with E-state index < -0.39 is 26.6 Å². The molecule has 24 heavy (non-hydrogen) atoms. The smallest absolute Gasteiger partial charge is 0.243 e. The second-order valence-electron chi connectivity index (χ2n) is 4.81. The maximum atomic E-state index is 13.5. The highest BCUT2D eigenvalue weighted by Gasteiger charge is 2.19. The third kappa shape index (κ3) is 6.01. The summed E-state index contributed by atoms with van der Waals surface area (Å²) in [6.45, 7) is 1.74. The maximum absolute atomic E-state index is 13.5. The number of thioether (sulfide) groups is 1. The first-order valence-corrected chi connectivity index (χ1v) is 9.61. The van der Waals surface area contributed by atoms with E-state index in [1.54, 1.807) is 0 Å². The van der Waals surface area contributed by atoms with Gasteiger partial charge in [-0.05, 0) is 12.1 Å². The summed E-state index contributed by atoms with van der Waals surface area (Å²) in [7, 11) is -4.05. The highest BCUT2D eigenvalue weighted by molar-refractivity contribution is 14.0. The lowest BCUT2D eigenvalue weighted by molar-refractivity contribution is 0.456. The molecule has 1 fully saturated rings. The molecule has 0 aromatic heterocycles. The third-order valence-electron chi connectivity index (χ3n) is 3.20. The topological polar surface area (TPSA) is 87.8 Å². The Morgan fingerprint density at radius 2 is 2.00 bits per heavy atom. The minimum Gasteiger partial charge on any atom is -0.370 e. The van der Waals surface area contributed by atoms with Crippen LogP contribution in [0.4, 0.5) is 8.78 Å². The van der Waals surface area contributed by atoms with E-state index in [4.69, 9.17) is 5.73 Å². The zero-order valence-corrected chi connectivity index (χ0v) is 16.7. The van der Waals surface area contributed by atoms with Crippen LogP contribution in [0.2, 0.25) is 0 Å². The molecule has 0 radical (unpaired) electrons. The third-order valence-corrected chi connectivity index (χ3v) is 5.63. The Morgan fingerprint density at radius 1 is 1.33 bits per heavy atom. The van der Waals surface area contributed by atoms with Crippen molar-refractivity contribution in [3.05, 3.63) is 29.8 Å². The predicted octanol–water partition coefficient (Wildman–Crippen LogP) is 1.22. The lowest BCUT2D eigenvalue weighted by atomic mass is 10.3. The van der Waals surface area contributed by atoms with Crippen molar-refractivity contribution < 1.29 is 17.2 Å². The van der Waals surface area contributed by atoms with Gasteiger partial charge >= 0.3 is 0 Å². The average Bonchev–Trinajstić information content (AvgIpc) is 2.52. The summed E-state index contributed by atoms with van der Waals surface area (Å²) in [5, 5.41) is 0. The van der Waals surface area contributed by atoms with Crippen molar-refractivity contribution in [2.45, 2.75) is 4.90 Å². The van der Waals surface area contributed by atoms with Crippen LogP contribution in [-0.2, 0) is 10.0 Å². The molecule has 1 aromatic carbocycles. The number of hydrogen-bond acceptors (Lipinski definition) is 4. The number of aliphatic imine (C=N–C) groups is 1. The van der Waals surface area contributed by atoms with Gasteiger partial charge < -0.3 is 10.6 Å². The molecule has 2 rings (SSSR count). The number of nitrogens with zero attached hydrogens (tertiary/aromatic N) is 2. The lowest BCUT2D eigenvalue weighted by Gasteiger charge is -2.27. The van der Waals surface area contributed by atoms with E-state index in [9.17, 15) is 17.2 Å². The molecule has 3 N–H and O–H groups in total. The largest absolute Gasteiger partial charge is 0.370 e. The van der Waals surface area contributed by atoms with Crippen LogP contribution >= 0.6 is 35.7 Å². The molecule has 0 bridgehead atoms. The fourth-order valence-corrected chi connectivity index (χ4v) is 4.00. The van der Waals surface area contributed by atoms with Crippen molar-refractivity contribution in [2.75, 3.05) is 37.7 Å². The summed E-state index contributed by atoms with van der Waals surface area (Å²) in [6, 6.07) is 2.30. The SMILES string of the molecule is I.NC(=NCCNS(=O)(=O)c1ccc(F)cc1F)N1CCSCC1. The van der Waals surface area contributed by atoms with Gasteiger partial charge in [0.15, 0.2) is 5.96 Å². The second kappa shape index (κ2) is 9.73. The zero-order chi connectivity index (χ0) is 16.9. The Bertz CT molecular complexity index is 683. The molecule has 1 heterocycles. The number of rotatable bonds is 5. The highest BCUT2D eigenvalue weighted by Crippen LogP contribution is 2.15. The average molecular weight is 492 g/mol. The summed E-state index contributed by atoms with van der Waals surface area (Å²) >= 11 is 1.84. The quantitative estimate of drug-likeness (QED) is 0.280. The van der Waals surface area contributed by atoms with Gasteiger partial charge in [0.05, 0.1) is 6.54 Å². The number of halogens is 3. The molecule has 6 nitrogen and oxygen atoms in total. The molecule has 0 saturated carbocycles. The van der Waals surface area contributed by atoms with E-state index >= 15 is 0 Å². The number of guanidine groups is 1. The first-order chi connectivity index (χ1) is 10.9. The molecule has 0 spiro atoms. The fraction of sp³-hybridized carbons (Fsp3) is 0.462. The number of nitrogens with two attached hydrogens (primary N) is 1. The summed E-state index contributed by atoms with van der Waals surface area (Å²) in [5.41, 5.74) is 5.84. The zero-order valence-electron chi connectivity index (χ0n) is 12.7. The Hall–Kier alpha value is -0.660. The molecule has 0 unspecified atom stereocenters. The van der Waals surface area contributed by atoms with Crippen molar-refractivity contribution in [3.63, 3.8) is 0 Å². The maximum Gasteiger partial charge on any atom is 0.243 e. The Kier molecular flexibility index (Phi) is 8.67. The van der Waals surface area contributed by atoms with Crippen molar-refractivity contribution in [1.82, 2.24) is 9.62 Å². The van der Waals surface area contributed by atoms with E-state index in [-0.39, 0.29) is 37.1 Å². The van der Waals surface area contributed by atoms with Crippen LogP contribution in [0.3, 0.4) is 0 Å². The number of sulfonamides is 1. The van der Waals surface area contributed by atoms with Gasteiger partial charge in [0, 0.05) is 37.2 Å². The molecule has 0 aliphatic carbocycles. The van der Waals surface area contributed by atoms with Crippen LogP contribution in [-0.4, -0.2) is 57.0 Å². The molecular weight excluding hydrogens is 473 g/mol.